The second-order valence-electron chi connectivity index (χ2n) is 9.46. The lowest BCUT2D eigenvalue weighted by molar-refractivity contribution is 0.274. The highest BCUT2D eigenvalue weighted by Gasteiger charge is 2.18. The van der Waals surface area contributed by atoms with E-state index in [1.807, 2.05) is 61.5 Å². The first-order chi connectivity index (χ1) is 19.0. The number of fused-ring (bicyclic) bond motifs is 1. The number of aliphatic hydroxyl groups excluding tert-OH is 1. The third kappa shape index (κ3) is 6.05. The van der Waals surface area contributed by atoms with Gasteiger partial charge in [-0.2, -0.15) is 0 Å². The molecule has 5 rings (SSSR count). The molecule has 9 heteroatoms. The zero-order valence-corrected chi connectivity index (χ0v) is 21.7. The number of aliphatic imine (C=N–C) groups is 1. The Kier molecular flexibility index (Phi) is 7.79. The van der Waals surface area contributed by atoms with Gasteiger partial charge in [0.15, 0.2) is 0 Å². The molecule has 0 aliphatic carbocycles. The SMILES string of the molecule is Cc1cc(C(N)=NCCc2ccncc2)cc2[nH]c(-c3c(NC(CO)Cc4ccccc4)cc[nH]c3=O)nc12. The third-order valence-electron chi connectivity index (χ3n) is 6.61. The summed E-state index contributed by atoms with van der Waals surface area (Å²) in [7, 11) is 0. The monoisotopic (exact) mass is 521 g/mol. The second-order valence-corrected chi connectivity index (χ2v) is 9.46. The molecular formula is C30H31N7O2. The molecule has 0 aliphatic rings. The van der Waals surface area contributed by atoms with Crippen LogP contribution in [0.5, 0.6) is 0 Å². The van der Waals surface area contributed by atoms with Gasteiger partial charge in [-0.15, -0.1) is 0 Å². The largest absolute Gasteiger partial charge is 0.394 e. The fourth-order valence-corrected chi connectivity index (χ4v) is 4.62. The predicted molar refractivity (Wildman–Crippen MR) is 155 cm³/mol. The minimum absolute atomic E-state index is 0.0937. The molecule has 1 unspecified atom stereocenters. The summed E-state index contributed by atoms with van der Waals surface area (Å²) >= 11 is 0. The minimum Gasteiger partial charge on any atom is -0.394 e. The summed E-state index contributed by atoms with van der Waals surface area (Å²) < 4.78 is 0. The molecule has 0 saturated heterocycles. The Bertz CT molecular complexity index is 1640. The van der Waals surface area contributed by atoms with Crippen LogP contribution in [-0.2, 0) is 12.8 Å². The fraction of sp³-hybridized carbons (Fsp3) is 0.200. The van der Waals surface area contributed by atoms with Crippen LogP contribution in [-0.4, -0.2) is 50.1 Å². The number of rotatable bonds is 10. The number of hydrogen-bond donors (Lipinski definition) is 5. The highest BCUT2D eigenvalue weighted by Crippen LogP contribution is 2.27. The first-order valence-corrected chi connectivity index (χ1v) is 12.8. The summed E-state index contributed by atoms with van der Waals surface area (Å²) in [6.07, 6.45) is 6.49. The molecule has 0 radical (unpaired) electrons. The topological polar surface area (TPSA) is 145 Å². The lowest BCUT2D eigenvalue weighted by Crippen LogP contribution is -2.28. The number of aromatic nitrogens is 4. The van der Waals surface area contributed by atoms with Gasteiger partial charge in [-0.25, -0.2) is 4.98 Å². The molecule has 0 fully saturated rings. The number of aliphatic hydroxyl groups is 1. The van der Waals surface area contributed by atoms with E-state index in [1.165, 1.54) is 0 Å². The van der Waals surface area contributed by atoms with Gasteiger partial charge in [0.25, 0.3) is 5.56 Å². The molecule has 3 aromatic heterocycles. The lowest BCUT2D eigenvalue weighted by Gasteiger charge is -2.19. The van der Waals surface area contributed by atoms with Gasteiger partial charge >= 0.3 is 0 Å². The first-order valence-electron chi connectivity index (χ1n) is 12.8. The first kappa shape index (κ1) is 25.9. The van der Waals surface area contributed by atoms with Gasteiger partial charge in [0.05, 0.1) is 29.4 Å². The number of aryl methyl sites for hydroxylation is 1. The number of nitrogens with one attached hydrogen (secondary N) is 3. The Morgan fingerprint density at radius 3 is 2.67 bits per heavy atom. The van der Waals surface area contributed by atoms with E-state index >= 15 is 0 Å². The number of nitrogens with zero attached hydrogens (tertiary/aromatic N) is 3. The summed E-state index contributed by atoms with van der Waals surface area (Å²) in [5.74, 6) is 0.871. The molecule has 9 nitrogen and oxygen atoms in total. The van der Waals surface area contributed by atoms with Crippen LogP contribution in [0.1, 0.15) is 22.3 Å². The van der Waals surface area contributed by atoms with Crippen LogP contribution in [0.4, 0.5) is 5.69 Å². The Labute approximate surface area is 225 Å². The van der Waals surface area contributed by atoms with Gasteiger partial charge in [-0.05, 0) is 66.8 Å². The van der Waals surface area contributed by atoms with Crippen molar-refractivity contribution in [3.05, 3.63) is 112 Å². The van der Waals surface area contributed by atoms with Crippen molar-refractivity contribution in [2.24, 2.45) is 10.7 Å². The van der Waals surface area contributed by atoms with Gasteiger partial charge in [-0.1, -0.05) is 30.3 Å². The Balaban J connectivity index is 1.42. The van der Waals surface area contributed by atoms with Gasteiger partial charge in [0, 0.05) is 30.7 Å². The van der Waals surface area contributed by atoms with Crippen LogP contribution in [0.3, 0.4) is 0 Å². The van der Waals surface area contributed by atoms with Gasteiger partial charge in [-0.3, -0.25) is 14.8 Å². The molecule has 5 aromatic rings. The molecule has 198 valence electrons. The van der Waals surface area contributed by atoms with E-state index in [4.69, 9.17) is 10.7 Å². The van der Waals surface area contributed by atoms with Crippen LogP contribution >= 0.6 is 0 Å². The maximum Gasteiger partial charge on any atom is 0.261 e. The summed E-state index contributed by atoms with van der Waals surface area (Å²) in [5.41, 5.74) is 12.4. The summed E-state index contributed by atoms with van der Waals surface area (Å²) in [4.78, 5) is 32.4. The molecule has 2 aromatic carbocycles. The molecule has 0 amide bonds. The normalized spacial score (nSPS) is 12.5. The average Bonchev–Trinajstić information content (AvgIpc) is 3.38. The van der Waals surface area contributed by atoms with Crippen LogP contribution in [0.15, 0.2) is 89.0 Å². The molecule has 39 heavy (non-hydrogen) atoms. The highest BCUT2D eigenvalue weighted by atomic mass is 16.3. The molecule has 0 saturated carbocycles. The van der Waals surface area contributed by atoms with Crippen molar-refractivity contribution in [2.45, 2.75) is 25.8 Å². The Hall–Kier alpha value is -4.76. The third-order valence-corrected chi connectivity index (χ3v) is 6.61. The second kappa shape index (κ2) is 11.7. The molecule has 1 atom stereocenters. The van der Waals surface area contributed by atoms with Crippen molar-refractivity contribution in [2.75, 3.05) is 18.5 Å². The minimum atomic E-state index is -0.287. The van der Waals surface area contributed by atoms with Crippen LogP contribution < -0.4 is 16.6 Å². The van der Waals surface area contributed by atoms with E-state index in [0.717, 1.165) is 39.7 Å². The maximum absolute atomic E-state index is 13.0. The number of benzene rings is 2. The van der Waals surface area contributed by atoms with Crippen LogP contribution in [0.25, 0.3) is 22.4 Å². The maximum atomic E-state index is 13.0. The Morgan fingerprint density at radius 1 is 1.10 bits per heavy atom. The van der Waals surface area contributed by atoms with Gasteiger partial charge in [0.2, 0.25) is 0 Å². The van der Waals surface area contributed by atoms with E-state index < -0.39 is 0 Å². The lowest BCUT2D eigenvalue weighted by atomic mass is 10.1. The molecule has 0 spiro atoms. The van der Waals surface area contributed by atoms with Crippen LogP contribution in [0, 0.1) is 6.92 Å². The quantitative estimate of drug-likeness (QED) is 0.140. The van der Waals surface area contributed by atoms with Gasteiger partial charge in [0.1, 0.15) is 17.2 Å². The van der Waals surface area contributed by atoms with E-state index in [0.29, 0.717) is 35.9 Å². The summed E-state index contributed by atoms with van der Waals surface area (Å²) in [6, 6.07) is 19.2. The summed E-state index contributed by atoms with van der Waals surface area (Å²) in [6.45, 7) is 2.42. The average molecular weight is 522 g/mol. The highest BCUT2D eigenvalue weighted by molar-refractivity contribution is 6.01. The van der Waals surface area contributed by atoms with E-state index in [1.54, 1.807) is 24.7 Å². The van der Waals surface area contributed by atoms with Crippen molar-refractivity contribution in [1.29, 1.82) is 0 Å². The number of pyridine rings is 2. The molecular weight excluding hydrogens is 490 g/mol. The van der Waals surface area contributed by atoms with Crippen LogP contribution in [0.2, 0.25) is 0 Å². The van der Waals surface area contributed by atoms with Crippen molar-refractivity contribution in [3.8, 4) is 11.4 Å². The Morgan fingerprint density at radius 2 is 1.90 bits per heavy atom. The molecule has 0 aliphatic heterocycles. The smallest absolute Gasteiger partial charge is 0.261 e. The van der Waals surface area contributed by atoms with E-state index in [-0.39, 0.29) is 18.2 Å². The van der Waals surface area contributed by atoms with Crippen molar-refractivity contribution in [3.63, 3.8) is 0 Å². The number of hydrogen-bond acceptors (Lipinski definition) is 6. The number of anilines is 1. The molecule has 3 heterocycles. The summed E-state index contributed by atoms with van der Waals surface area (Å²) in [5, 5.41) is 13.4. The van der Waals surface area contributed by atoms with Gasteiger partial charge < -0.3 is 26.1 Å². The van der Waals surface area contributed by atoms with Crippen molar-refractivity contribution >= 4 is 22.6 Å². The number of imidazole rings is 1. The predicted octanol–water partition coefficient (Wildman–Crippen LogP) is 3.59. The zero-order chi connectivity index (χ0) is 27.2. The number of amidine groups is 1. The van der Waals surface area contributed by atoms with Crippen molar-refractivity contribution in [1.82, 2.24) is 19.9 Å². The fourth-order valence-electron chi connectivity index (χ4n) is 4.62. The molecule has 0 bridgehead atoms. The number of H-pyrrole nitrogens is 2. The van der Waals surface area contributed by atoms with E-state index in [2.05, 4.69) is 25.3 Å². The standard InChI is InChI=1S/C30H31N7O2/c1-19-15-22(28(31)33-13-9-20-7-11-32-12-8-20)17-25-27(19)37-29(36-25)26-24(10-14-34-30(26)39)35-23(18-38)16-21-5-3-2-4-6-21/h2-8,10-12,14-15,17,23,38H,9,13,16,18H2,1H3,(H2,31,33)(H,36,37)(H2,34,35,39). The number of nitrogens with two attached hydrogens (primary N) is 1. The van der Waals surface area contributed by atoms with Crippen molar-refractivity contribution < 1.29 is 5.11 Å². The zero-order valence-electron chi connectivity index (χ0n) is 21.7. The van der Waals surface area contributed by atoms with E-state index in [9.17, 15) is 9.90 Å². The molecule has 6 N–H and O–H groups in total. The number of aromatic amines is 2.